The van der Waals surface area contributed by atoms with Crippen molar-refractivity contribution in [1.29, 1.82) is 0 Å². The fourth-order valence-corrected chi connectivity index (χ4v) is 1.74. The van der Waals surface area contributed by atoms with Gasteiger partial charge in [-0.05, 0) is 37.2 Å². The minimum absolute atomic E-state index is 0.616. The van der Waals surface area contributed by atoms with Crippen LogP contribution in [0.5, 0.6) is 0 Å². The molecule has 0 aromatic carbocycles. The normalized spacial score (nSPS) is 10.5. The zero-order valence-electron chi connectivity index (χ0n) is 9.93. The highest BCUT2D eigenvalue weighted by molar-refractivity contribution is 5.18. The van der Waals surface area contributed by atoms with Crippen molar-refractivity contribution in [3.05, 3.63) is 53.4 Å². The summed E-state index contributed by atoms with van der Waals surface area (Å²) in [6.45, 7) is 2.60. The summed E-state index contributed by atoms with van der Waals surface area (Å²) in [6.07, 6.45) is 5.10. The Labute approximate surface area is 101 Å². The molecule has 0 aliphatic heterocycles. The van der Waals surface area contributed by atoms with Gasteiger partial charge in [-0.15, -0.1) is 0 Å². The van der Waals surface area contributed by atoms with Crippen molar-refractivity contribution in [2.75, 3.05) is 6.54 Å². The minimum atomic E-state index is 0.616. The SMILES string of the molecule is Cc1cc(CCN)nc(Cc2ccncc2)n1. The number of nitrogens with two attached hydrogens (primary N) is 1. The molecule has 0 saturated carbocycles. The monoisotopic (exact) mass is 228 g/mol. The quantitative estimate of drug-likeness (QED) is 0.856. The highest BCUT2D eigenvalue weighted by Crippen LogP contribution is 2.07. The molecule has 0 saturated heterocycles. The van der Waals surface area contributed by atoms with Crippen molar-refractivity contribution in [3.63, 3.8) is 0 Å². The largest absolute Gasteiger partial charge is 0.330 e. The molecule has 0 amide bonds. The third kappa shape index (κ3) is 3.32. The maximum Gasteiger partial charge on any atom is 0.133 e. The third-order valence-electron chi connectivity index (χ3n) is 2.47. The van der Waals surface area contributed by atoms with E-state index in [4.69, 9.17) is 5.73 Å². The molecule has 0 atom stereocenters. The number of aromatic nitrogens is 3. The molecule has 4 heteroatoms. The molecule has 88 valence electrons. The van der Waals surface area contributed by atoms with Crippen molar-refractivity contribution in [2.45, 2.75) is 19.8 Å². The second kappa shape index (κ2) is 5.50. The van der Waals surface area contributed by atoms with Crippen molar-refractivity contribution < 1.29 is 0 Å². The molecule has 2 rings (SSSR count). The molecule has 17 heavy (non-hydrogen) atoms. The average molecular weight is 228 g/mol. The first kappa shape index (κ1) is 11.7. The van der Waals surface area contributed by atoms with Crippen LogP contribution >= 0.6 is 0 Å². The Morgan fingerprint density at radius 1 is 1.18 bits per heavy atom. The number of aryl methyl sites for hydroxylation is 1. The van der Waals surface area contributed by atoms with Crippen LogP contribution in [0.3, 0.4) is 0 Å². The van der Waals surface area contributed by atoms with Gasteiger partial charge in [0.25, 0.3) is 0 Å². The van der Waals surface area contributed by atoms with Gasteiger partial charge >= 0.3 is 0 Å². The van der Waals surface area contributed by atoms with Crippen molar-refractivity contribution in [2.24, 2.45) is 5.73 Å². The van der Waals surface area contributed by atoms with E-state index >= 15 is 0 Å². The van der Waals surface area contributed by atoms with Gasteiger partial charge in [-0.25, -0.2) is 9.97 Å². The molecule has 0 aliphatic carbocycles. The highest BCUT2D eigenvalue weighted by Gasteiger charge is 2.03. The molecule has 0 aliphatic rings. The maximum absolute atomic E-state index is 5.54. The lowest BCUT2D eigenvalue weighted by atomic mass is 10.2. The van der Waals surface area contributed by atoms with Crippen molar-refractivity contribution >= 4 is 0 Å². The summed E-state index contributed by atoms with van der Waals surface area (Å²) >= 11 is 0. The third-order valence-corrected chi connectivity index (χ3v) is 2.47. The number of nitrogens with zero attached hydrogens (tertiary/aromatic N) is 3. The Bertz CT molecular complexity index is 482. The van der Waals surface area contributed by atoms with Gasteiger partial charge in [0.2, 0.25) is 0 Å². The van der Waals surface area contributed by atoms with Crippen LogP contribution in [-0.4, -0.2) is 21.5 Å². The zero-order valence-corrected chi connectivity index (χ0v) is 9.93. The van der Waals surface area contributed by atoms with Crippen molar-refractivity contribution in [3.8, 4) is 0 Å². The van der Waals surface area contributed by atoms with Crippen LogP contribution < -0.4 is 5.73 Å². The molecule has 2 heterocycles. The van der Waals surface area contributed by atoms with Crippen LogP contribution in [0.2, 0.25) is 0 Å². The summed E-state index contributed by atoms with van der Waals surface area (Å²) in [5.41, 5.74) is 8.73. The first-order chi connectivity index (χ1) is 8.28. The Morgan fingerprint density at radius 2 is 1.94 bits per heavy atom. The molecule has 2 aromatic heterocycles. The van der Waals surface area contributed by atoms with E-state index in [9.17, 15) is 0 Å². The van der Waals surface area contributed by atoms with Crippen LogP contribution in [0, 0.1) is 6.92 Å². The van der Waals surface area contributed by atoms with E-state index < -0.39 is 0 Å². The number of hydrogen-bond donors (Lipinski definition) is 1. The fraction of sp³-hybridized carbons (Fsp3) is 0.308. The summed E-state index contributed by atoms with van der Waals surface area (Å²) in [4.78, 5) is 12.9. The molecule has 0 fully saturated rings. The Morgan fingerprint density at radius 3 is 2.65 bits per heavy atom. The lowest BCUT2D eigenvalue weighted by Crippen LogP contribution is -2.08. The average Bonchev–Trinajstić information content (AvgIpc) is 2.30. The standard InChI is InChI=1S/C13H16N4/c1-10-8-12(2-5-14)17-13(16-10)9-11-3-6-15-7-4-11/h3-4,6-8H,2,5,9,14H2,1H3. The van der Waals surface area contributed by atoms with E-state index in [2.05, 4.69) is 15.0 Å². The molecule has 4 nitrogen and oxygen atoms in total. The maximum atomic E-state index is 5.54. The van der Waals surface area contributed by atoms with Gasteiger partial charge in [0.1, 0.15) is 5.82 Å². The summed E-state index contributed by atoms with van der Waals surface area (Å²) in [7, 11) is 0. The van der Waals surface area contributed by atoms with Crippen LogP contribution in [0.25, 0.3) is 0 Å². The Hall–Kier alpha value is -1.81. The fourth-order valence-electron chi connectivity index (χ4n) is 1.74. The summed E-state index contributed by atoms with van der Waals surface area (Å²) in [5, 5.41) is 0. The Balaban J connectivity index is 2.21. The van der Waals surface area contributed by atoms with Crippen LogP contribution in [0.1, 0.15) is 22.8 Å². The van der Waals surface area contributed by atoms with E-state index in [1.807, 2.05) is 25.1 Å². The van der Waals surface area contributed by atoms with Crippen molar-refractivity contribution in [1.82, 2.24) is 15.0 Å². The first-order valence-corrected chi connectivity index (χ1v) is 5.70. The van der Waals surface area contributed by atoms with Gasteiger partial charge < -0.3 is 5.73 Å². The molecule has 0 unspecified atom stereocenters. The smallest absolute Gasteiger partial charge is 0.133 e. The predicted molar refractivity (Wildman–Crippen MR) is 66.6 cm³/mol. The topological polar surface area (TPSA) is 64.7 Å². The first-order valence-electron chi connectivity index (χ1n) is 5.70. The van der Waals surface area contributed by atoms with Gasteiger partial charge in [0.05, 0.1) is 0 Å². The molecule has 2 aromatic rings. The van der Waals surface area contributed by atoms with Gasteiger partial charge in [0, 0.05) is 36.6 Å². The van der Waals surface area contributed by atoms with Gasteiger partial charge in [-0.3, -0.25) is 4.98 Å². The summed E-state index contributed by atoms with van der Waals surface area (Å²) < 4.78 is 0. The van der Waals surface area contributed by atoms with Gasteiger partial charge in [-0.2, -0.15) is 0 Å². The van der Waals surface area contributed by atoms with E-state index in [1.54, 1.807) is 12.4 Å². The lowest BCUT2D eigenvalue weighted by molar-refractivity contribution is 0.853. The molecular weight excluding hydrogens is 212 g/mol. The molecule has 2 N–H and O–H groups in total. The minimum Gasteiger partial charge on any atom is -0.330 e. The van der Waals surface area contributed by atoms with Crippen LogP contribution in [-0.2, 0) is 12.8 Å². The molecule has 0 bridgehead atoms. The number of hydrogen-bond acceptors (Lipinski definition) is 4. The zero-order chi connectivity index (χ0) is 12.1. The number of rotatable bonds is 4. The summed E-state index contributed by atoms with van der Waals surface area (Å²) in [6, 6.07) is 5.95. The van der Waals surface area contributed by atoms with E-state index in [1.165, 1.54) is 5.56 Å². The second-order valence-corrected chi connectivity index (χ2v) is 3.99. The lowest BCUT2D eigenvalue weighted by Gasteiger charge is -2.05. The van der Waals surface area contributed by atoms with E-state index in [0.717, 1.165) is 30.1 Å². The van der Waals surface area contributed by atoms with Crippen LogP contribution in [0.4, 0.5) is 0 Å². The predicted octanol–water partition coefficient (Wildman–Crippen LogP) is 1.27. The molecule has 0 radical (unpaired) electrons. The molecular formula is C13H16N4. The summed E-state index contributed by atoms with van der Waals surface area (Å²) in [5.74, 6) is 0.847. The van der Waals surface area contributed by atoms with Gasteiger partial charge in [0.15, 0.2) is 0 Å². The Kier molecular flexibility index (Phi) is 3.77. The van der Waals surface area contributed by atoms with E-state index in [0.29, 0.717) is 6.54 Å². The molecule has 0 spiro atoms. The number of pyridine rings is 1. The van der Waals surface area contributed by atoms with E-state index in [-0.39, 0.29) is 0 Å². The van der Waals surface area contributed by atoms with Crippen LogP contribution in [0.15, 0.2) is 30.6 Å². The second-order valence-electron chi connectivity index (χ2n) is 3.99. The highest BCUT2D eigenvalue weighted by atomic mass is 14.9. The van der Waals surface area contributed by atoms with Gasteiger partial charge in [-0.1, -0.05) is 0 Å².